The third kappa shape index (κ3) is 5.77. The van der Waals surface area contributed by atoms with E-state index in [1.807, 2.05) is 42.5 Å². The summed E-state index contributed by atoms with van der Waals surface area (Å²) in [6.07, 6.45) is 6.65. The highest BCUT2D eigenvalue weighted by molar-refractivity contribution is 6.10. The zero-order valence-electron chi connectivity index (χ0n) is 29.2. The molecule has 0 aliphatic heterocycles. The predicted octanol–water partition coefficient (Wildman–Crippen LogP) is 11.8. The van der Waals surface area contributed by atoms with E-state index in [1.165, 1.54) is 37.7 Å². The molecule has 7 aromatic rings. The molecule has 2 bridgehead atoms. The van der Waals surface area contributed by atoms with Crippen LogP contribution in [0.25, 0.3) is 66.8 Å². The van der Waals surface area contributed by atoms with Crippen molar-refractivity contribution in [2.75, 3.05) is 0 Å². The van der Waals surface area contributed by atoms with Gasteiger partial charge in [0.2, 0.25) is 0 Å². The molecule has 2 saturated carbocycles. The summed E-state index contributed by atoms with van der Waals surface area (Å²) < 4.78 is 0. The van der Waals surface area contributed by atoms with Crippen molar-refractivity contribution in [2.24, 2.45) is 17.8 Å². The normalized spacial score (nSPS) is 21.4. The summed E-state index contributed by atoms with van der Waals surface area (Å²) in [4.78, 5) is 15.1. The molecule has 6 aromatic carbocycles. The first-order chi connectivity index (χ1) is 24.9. The number of fused-ring (bicyclic) bond motifs is 5. The minimum Gasteiger partial charge on any atom is -0.208 e. The zero-order chi connectivity index (χ0) is 34.5. The molecule has 248 valence electrons. The average Bonchev–Trinajstić information content (AvgIpc) is 3.17. The standard InChI is InChI=1S/C47H40N4/c1-30-22-32-23-31(2)27-47(26-30,28-32)40-19-16-36(17-20-40)46-50-44(34-8-4-3-5-9-34)49-45(51-46)35-14-12-33(13-15-35)37-18-21-42-38(24-37)25-39(29-48)41-10-6-7-11-43(41)42/h3-21,24-25,30-32H,22-23,26-28H2,1-2H3/t30-,31+,32-,47?. The van der Waals surface area contributed by atoms with Gasteiger partial charge < -0.3 is 0 Å². The van der Waals surface area contributed by atoms with E-state index in [0.717, 1.165) is 67.1 Å². The van der Waals surface area contributed by atoms with Gasteiger partial charge in [0.25, 0.3) is 0 Å². The molecule has 4 nitrogen and oxygen atoms in total. The monoisotopic (exact) mass is 660 g/mol. The van der Waals surface area contributed by atoms with Crippen molar-refractivity contribution in [1.82, 2.24) is 15.0 Å². The number of hydrogen-bond donors (Lipinski definition) is 0. The molecule has 0 spiro atoms. The molecule has 4 atom stereocenters. The van der Waals surface area contributed by atoms with E-state index in [2.05, 4.69) is 105 Å². The zero-order valence-corrected chi connectivity index (χ0v) is 29.2. The number of hydrogen-bond acceptors (Lipinski definition) is 4. The second-order valence-electron chi connectivity index (χ2n) is 15.3. The molecule has 0 amide bonds. The van der Waals surface area contributed by atoms with E-state index in [1.54, 1.807) is 0 Å². The minimum absolute atomic E-state index is 0.288. The van der Waals surface area contributed by atoms with Gasteiger partial charge >= 0.3 is 0 Å². The molecule has 0 radical (unpaired) electrons. The fraction of sp³-hybridized carbons (Fsp3) is 0.234. The Bertz CT molecular complexity index is 2420. The molecule has 2 fully saturated rings. The van der Waals surface area contributed by atoms with Gasteiger partial charge in [0.1, 0.15) is 0 Å². The van der Waals surface area contributed by atoms with Crippen molar-refractivity contribution in [1.29, 1.82) is 5.26 Å². The van der Waals surface area contributed by atoms with Crippen LogP contribution in [0.2, 0.25) is 0 Å². The lowest BCUT2D eigenvalue weighted by Crippen LogP contribution is -2.42. The van der Waals surface area contributed by atoms with Crippen molar-refractivity contribution in [3.63, 3.8) is 0 Å². The van der Waals surface area contributed by atoms with Crippen LogP contribution < -0.4 is 0 Å². The highest BCUT2D eigenvalue weighted by atomic mass is 15.0. The summed E-state index contributed by atoms with van der Waals surface area (Å²) in [6.45, 7) is 4.90. The van der Waals surface area contributed by atoms with E-state index < -0.39 is 0 Å². The van der Waals surface area contributed by atoms with Crippen molar-refractivity contribution in [3.8, 4) is 51.4 Å². The maximum Gasteiger partial charge on any atom is 0.164 e. The van der Waals surface area contributed by atoms with Crippen LogP contribution >= 0.6 is 0 Å². The Labute approximate surface area is 299 Å². The second-order valence-corrected chi connectivity index (χ2v) is 15.3. The smallest absolute Gasteiger partial charge is 0.164 e. The first-order valence-corrected chi connectivity index (χ1v) is 18.3. The van der Waals surface area contributed by atoms with E-state index >= 15 is 0 Å². The number of nitrogens with zero attached hydrogens (tertiary/aromatic N) is 4. The Morgan fingerprint density at radius 3 is 1.69 bits per heavy atom. The van der Waals surface area contributed by atoms with Crippen LogP contribution in [0.1, 0.15) is 57.1 Å². The first kappa shape index (κ1) is 31.3. The van der Waals surface area contributed by atoms with Crippen molar-refractivity contribution < 1.29 is 0 Å². The molecule has 0 N–H and O–H groups in total. The van der Waals surface area contributed by atoms with Gasteiger partial charge in [0, 0.05) is 22.1 Å². The van der Waals surface area contributed by atoms with Gasteiger partial charge in [-0.25, -0.2) is 15.0 Å². The Hall–Kier alpha value is -5.66. The summed E-state index contributed by atoms with van der Waals surface area (Å²) >= 11 is 0. The molecule has 51 heavy (non-hydrogen) atoms. The molecule has 0 saturated heterocycles. The lowest BCUT2D eigenvalue weighted by Gasteiger charge is -2.50. The summed E-state index contributed by atoms with van der Waals surface area (Å²) in [5, 5.41) is 14.1. The summed E-state index contributed by atoms with van der Waals surface area (Å²) in [7, 11) is 0. The maximum absolute atomic E-state index is 9.85. The molecule has 1 aromatic heterocycles. The van der Waals surface area contributed by atoms with Gasteiger partial charge in [-0.2, -0.15) is 5.26 Å². The number of nitriles is 1. The van der Waals surface area contributed by atoms with E-state index in [9.17, 15) is 5.26 Å². The molecule has 1 heterocycles. The number of aromatic nitrogens is 3. The highest BCUT2D eigenvalue weighted by Gasteiger charge is 2.45. The molecule has 2 aliphatic rings. The van der Waals surface area contributed by atoms with Gasteiger partial charge in [-0.3, -0.25) is 0 Å². The van der Waals surface area contributed by atoms with Crippen LogP contribution in [0.5, 0.6) is 0 Å². The summed E-state index contributed by atoms with van der Waals surface area (Å²) in [6, 6.07) is 46.8. The summed E-state index contributed by atoms with van der Waals surface area (Å²) in [5.41, 5.74) is 7.57. The van der Waals surface area contributed by atoms with Crippen LogP contribution in [-0.2, 0) is 5.41 Å². The van der Waals surface area contributed by atoms with Gasteiger partial charge in [-0.05, 0) is 100 Å². The third-order valence-corrected chi connectivity index (χ3v) is 11.5. The molecule has 4 heteroatoms. The predicted molar refractivity (Wildman–Crippen MR) is 208 cm³/mol. The van der Waals surface area contributed by atoms with Gasteiger partial charge in [-0.15, -0.1) is 0 Å². The average molecular weight is 661 g/mol. The Morgan fingerprint density at radius 1 is 0.529 bits per heavy atom. The molecular formula is C47H40N4. The molecule has 9 rings (SSSR count). The van der Waals surface area contributed by atoms with Crippen LogP contribution in [0, 0.1) is 29.1 Å². The van der Waals surface area contributed by atoms with Gasteiger partial charge in [-0.1, -0.05) is 129 Å². The van der Waals surface area contributed by atoms with Gasteiger partial charge in [0.05, 0.1) is 11.6 Å². The third-order valence-electron chi connectivity index (χ3n) is 11.5. The van der Waals surface area contributed by atoms with E-state index in [0.29, 0.717) is 23.0 Å². The maximum atomic E-state index is 9.85. The van der Waals surface area contributed by atoms with E-state index in [-0.39, 0.29) is 5.41 Å². The first-order valence-electron chi connectivity index (χ1n) is 18.3. The van der Waals surface area contributed by atoms with E-state index in [4.69, 9.17) is 15.0 Å². The quantitative estimate of drug-likeness (QED) is 0.172. The van der Waals surface area contributed by atoms with Crippen LogP contribution in [-0.4, -0.2) is 15.0 Å². The Kier molecular flexibility index (Phi) is 7.73. The SMILES string of the molecule is C[C@@H]1C[C@@H]2C[C@H](C)CC(c3ccc(-c4nc(-c5ccccc5)nc(-c5ccc(-c6ccc7c(c6)cc(C#N)c6ccccc67)cc5)n4)cc3)(C1)C2. The lowest BCUT2D eigenvalue weighted by atomic mass is 9.54. The summed E-state index contributed by atoms with van der Waals surface area (Å²) in [5.74, 6) is 4.42. The minimum atomic E-state index is 0.288. The number of benzene rings is 6. The molecular weight excluding hydrogens is 621 g/mol. The fourth-order valence-corrected chi connectivity index (χ4v) is 9.58. The van der Waals surface area contributed by atoms with Gasteiger partial charge in [0.15, 0.2) is 17.5 Å². The highest BCUT2D eigenvalue weighted by Crippen LogP contribution is 2.54. The largest absolute Gasteiger partial charge is 0.208 e. The topological polar surface area (TPSA) is 62.5 Å². The Balaban J connectivity index is 1.07. The van der Waals surface area contributed by atoms with Crippen LogP contribution in [0.4, 0.5) is 0 Å². The van der Waals surface area contributed by atoms with Crippen molar-refractivity contribution >= 4 is 21.5 Å². The second kappa shape index (κ2) is 12.6. The fourth-order valence-electron chi connectivity index (χ4n) is 9.58. The number of rotatable bonds is 5. The van der Waals surface area contributed by atoms with Crippen molar-refractivity contribution in [3.05, 3.63) is 139 Å². The molecule has 1 unspecified atom stereocenters. The van der Waals surface area contributed by atoms with Crippen LogP contribution in [0.3, 0.4) is 0 Å². The van der Waals surface area contributed by atoms with Crippen LogP contribution in [0.15, 0.2) is 127 Å². The Morgan fingerprint density at radius 2 is 1.06 bits per heavy atom. The molecule has 2 aliphatic carbocycles. The lowest BCUT2D eigenvalue weighted by molar-refractivity contribution is 0.0780. The van der Waals surface area contributed by atoms with Crippen molar-refractivity contribution in [2.45, 2.75) is 51.4 Å².